The van der Waals surface area contributed by atoms with Gasteiger partial charge in [0.2, 0.25) is 0 Å². The molecule has 0 unspecified atom stereocenters. The zero-order valence-corrected chi connectivity index (χ0v) is 15.9. The van der Waals surface area contributed by atoms with Gasteiger partial charge in [-0.05, 0) is 59.3 Å². The molecule has 0 saturated heterocycles. The van der Waals surface area contributed by atoms with E-state index in [2.05, 4.69) is 33.0 Å². The number of aromatic nitrogens is 2. The summed E-state index contributed by atoms with van der Waals surface area (Å²) < 4.78 is 2.75. The Morgan fingerprint density at radius 3 is 2.75 bits per heavy atom. The summed E-state index contributed by atoms with van der Waals surface area (Å²) in [5, 5.41) is 8.02. The van der Waals surface area contributed by atoms with Crippen molar-refractivity contribution < 1.29 is 4.79 Å². The van der Waals surface area contributed by atoms with Gasteiger partial charge in [0.1, 0.15) is 0 Å². The van der Waals surface area contributed by atoms with Crippen LogP contribution in [0.2, 0.25) is 5.02 Å². The second-order valence-electron chi connectivity index (χ2n) is 5.39. The molecule has 1 aromatic heterocycles. The third-order valence-electron chi connectivity index (χ3n) is 3.56. The average molecular weight is 452 g/mol. The highest BCUT2D eigenvalue weighted by molar-refractivity contribution is 14.1. The Hall–Kier alpha value is -1.86. The van der Waals surface area contributed by atoms with E-state index in [4.69, 9.17) is 11.6 Å². The number of hydrogen-bond acceptors (Lipinski definition) is 2. The predicted molar refractivity (Wildman–Crippen MR) is 105 cm³/mol. The number of halogens is 2. The number of amides is 1. The molecule has 1 N–H and O–H groups in total. The van der Waals surface area contributed by atoms with E-state index in [9.17, 15) is 4.79 Å². The van der Waals surface area contributed by atoms with Gasteiger partial charge in [0.15, 0.2) is 5.82 Å². The second-order valence-corrected chi connectivity index (χ2v) is 6.99. The Labute approximate surface area is 159 Å². The summed E-state index contributed by atoms with van der Waals surface area (Å²) in [6.45, 7) is 2.56. The summed E-state index contributed by atoms with van der Waals surface area (Å²) in [6.07, 6.45) is 0. The highest BCUT2D eigenvalue weighted by Crippen LogP contribution is 2.17. The number of carbonyl (C=O) groups excluding carboxylic acids is 1. The molecule has 0 aliphatic heterocycles. The van der Waals surface area contributed by atoms with Gasteiger partial charge in [-0.25, -0.2) is 0 Å². The molecule has 24 heavy (non-hydrogen) atoms. The molecule has 122 valence electrons. The summed E-state index contributed by atoms with van der Waals surface area (Å²) in [6, 6.07) is 17.0. The maximum Gasteiger partial charge on any atom is 0.257 e. The van der Waals surface area contributed by atoms with Crippen molar-refractivity contribution in [1.82, 2.24) is 9.78 Å². The highest BCUT2D eigenvalue weighted by atomic mass is 127. The van der Waals surface area contributed by atoms with E-state index >= 15 is 0 Å². The molecular weight excluding hydrogens is 437 g/mol. The second kappa shape index (κ2) is 7.36. The lowest BCUT2D eigenvalue weighted by Crippen LogP contribution is -2.14. The Morgan fingerprint density at radius 1 is 1.21 bits per heavy atom. The van der Waals surface area contributed by atoms with Crippen LogP contribution in [0.5, 0.6) is 0 Å². The van der Waals surface area contributed by atoms with Crippen LogP contribution in [0.15, 0.2) is 54.6 Å². The van der Waals surface area contributed by atoms with Gasteiger partial charge in [0, 0.05) is 20.4 Å². The van der Waals surface area contributed by atoms with Gasteiger partial charge in [-0.3, -0.25) is 9.48 Å². The molecule has 6 heteroatoms. The summed E-state index contributed by atoms with van der Waals surface area (Å²) in [4.78, 5) is 12.4. The number of carbonyl (C=O) groups is 1. The number of anilines is 1. The minimum absolute atomic E-state index is 0.160. The summed E-state index contributed by atoms with van der Waals surface area (Å²) in [7, 11) is 0. The van der Waals surface area contributed by atoms with Gasteiger partial charge in [-0.1, -0.05) is 35.9 Å². The van der Waals surface area contributed by atoms with Crippen LogP contribution < -0.4 is 5.32 Å². The fourth-order valence-corrected chi connectivity index (χ4v) is 3.21. The first-order chi connectivity index (χ1) is 11.5. The monoisotopic (exact) mass is 451 g/mol. The lowest BCUT2D eigenvalue weighted by Gasteiger charge is -2.05. The van der Waals surface area contributed by atoms with Gasteiger partial charge < -0.3 is 5.32 Å². The van der Waals surface area contributed by atoms with Crippen molar-refractivity contribution in [3.63, 3.8) is 0 Å². The molecule has 0 saturated carbocycles. The molecular formula is C18H15ClIN3O. The third kappa shape index (κ3) is 3.96. The van der Waals surface area contributed by atoms with E-state index < -0.39 is 0 Å². The topological polar surface area (TPSA) is 46.9 Å². The van der Waals surface area contributed by atoms with Gasteiger partial charge >= 0.3 is 0 Å². The predicted octanol–water partition coefficient (Wildman–Crippen LogP) is 4.75. The maximum atomic E-state index is 12.4. The fourth-order valence-electron chi connectivity index (χ4n) is 2.37. The first kappa shape index (κ1) is 17.0. The van der Waals surface area contributed by atoms with Crippen molar-refractivity contribution in [1.29, 1.82) is 0 Å². The first-order valence-electron chi connectivity index (χ1n) is 7.38. The average Bonchev–Trinajstić information content (AvgIpc) is 2.87. The van der Waals surface area contributed by atoms with Crippen molar-refractivity contribution in [2.45, 2.75) is 13.5 Å². The molecule has 1 heterocycles. The van der Waals surface area contributed by atoms with E-state index in [0.717, 1.165) is 14.8 Å². The standard InChI is InChI=1S/C18H15ClIN3O/c1-12-9-17(21-18(24)15-7-2-3-8-16(15)20)22-23(12)11-13-5-4-6-14(19)10-13/h2-10H,11H2,1H3,(H,21,22,24). The van der Waals surface area contributed by atoms with Crippen molar-refractivity contribution >= 4 is 45.9 Å². The molecule has 0 spiro atoms. The zero-order chi connectivity index (χ0) is 17.1. The lowest BCUT2D eigenvalue weighted by molar-refractivity contribution is 0.102. The molecule has 0 radical (unpaired) electrons. The number of rotatable bonds is 4. The van der Waals surface area contributed by atoms with Crippen LogP contribution >= 0.6 is 34.2 Å². The Balaban J connectivity index is 1.77. The smallest absolute Gasteiger partial charge is 0.257 e. The van der Waals surface area contributed by atoms with Gasteiger partial charge in [0.25, 0.3) is 5.91 Å². The van der Waals surface area contributed by atoms with E-state index in [-0.39, 0.29) is 5.91 Å². The first-order valence-corrected chi connectivity index (χ1v) is 8.83. The van der Waals surface area contributed by atoms with E-state index in [1.54, 1.807) is 6.07 Å². The molecule has 0 aliphatic carbocycles. The van der Waals surface area contributed by atoms with Crippen LogP contribution in [0, 0.1) is 10.5 Å². The third-order valence-corrected chi connectivity index (χ3v) is 4.74. The van der Waals surface area contributed by atoms with Crippen LogP contribution in [-0.4, -0.2) is 15.7 Å². The lowest BCUT2D eigenvalue weighted by atomic mass is 10.2. The maximum absolute atomic E-state index is 12.4. The minimum atomic E-state index is -0.160. The van der Waals surface area contributed by atoms with Crippen molar-refractivity contribution in [3.8, 4) is 0 Å². The molecule has 0 fully saturated rings. The quantitative estimate of drug-likeness (QED) is 0.582. The molecule has 0 atom stereocenters. The van der Waals surface area contributed by atoms with Crippen LogP contribution in [-0.2, 0) is 6.54 Å². The summed E-state index contributed by atoms with van der Waals surface area (Å²) >= 11 is 8.17. The Morgan fingerprint density at radius 2 is 2.00 bits per heavy atom. The van der Waals surface area contributed by atoms with Crippen LogP contribution in [0.4, 0.5) is 5.82 Å². The zero-order valence-electron chi connectivity index (χ0n) is 13.0. The Bertz CT molecular complexity index is 891. The van der Waals surface area contributed by atoms with Crippen molar-refractivity contribution in [2.75, 3.05) is 5.32 Å². The fraction of sp³-hybridized carbons (Fsp3) is 0.111. The number of nitrogens with zero attached hydrogens (tertiary/aromatic N) is 2. The highest BCUT2D eigenvalue weighted by Gasteiger charge is 2.12. The van der Waals surface area contributed by atoms with Crippen LogP contribution in [0.25, 0.3) is 0 Å². The number of nitrogens with one attached hydrogen (secondary N) is 1. The summed E-state index contributed by atoms with van der Waals surface area (Å²) in [5.41, 5.74) is 2.66. The number of aryl methyl sites for hydroxylation is 1. The number of benzene rings is 2. The van der Waals surface area contributed by atoms with E-state index in [1.165, 1.54) is 0 Å². The number of hydrogen-bond donors (Lipinski definition) is 1. The molecule has 4 nitrogen and oxygen atoms in total. The van der Waals surface area contributed by atoms with Crippen molar-refractivity contribution in [2.24, 2.45) is 0 Å². The largest absolute Gasteiger partial charge is 0.305 e. The van der Waals surface area contributed by atoms with Gasteiger partial charge in [0.05, 0.1) is 12.1 Å². The SMILES string of the molecule is Cc1cc(NC(=O)c2ccccc2I)nn1Cc1cccc(Cl)c1. The normalized spacial score (nSPS) is 10.6. The molecule has 1 amide bonds. The molecule has 0 bridgehead atoms. The van der Waals surface area contributed by atoms with Gasteiger partial charge in [-0.2, -0.15) is 5.10 Å². The van der Waals surface area contributed by atoms with Crippen LogP contribution in [0.3, 0.4) is 0 Å². The van der Waals surface area contributed by atoms with E-state index in [0.29, 0.717) is 22.9 Å². The van der Waals surface area contributed by atoms with Crippen molar-refractivity contribution in [3.05, 3.63) is 80.0 Å². The molecule has 3 rings (SSSR count). The van der Waals surface area contributed by atoms with Crippen LogP contribution in [0.1, 0.15) is 21.6 Å². The van der Waals surface area contributed by atoms with Gasteiger partial charge in [-0.15, -0.1) is 0 Å². The minimum Gasteiger partial charge on any atom is -0.305 e. The summed E-state index contributed by atoms with van der Waals surface area (Å²) in [5.74, 6) is 0.381. The molecule has 3 aromatic rings. The van der Waals surface area contributed by atoms with E-state index in [1.807, 2.05) is 60.1 Å². The Kier molecular flexibility index (Phi) is 5.20. The molecule has 2 aromatic carbocycles. The molecule has 0 aliphatic rings.